The van der Waals surface area contributed by atoms with Gasteiger partial charge in [0, 0.05) is 12.8 Å². The monoisotopic (exact) mass is 406 g/mol. The summed E-state index contributed by atoms with van der Waals surface area (Å²) >= 11 is 0. The van der Waals surface area contributed by atoms with Crippen molar-refractivity contribution in [3.8, 4) is 0 Å². The number of Topliss-reactive ketones (excluding diaryl/α,β-unsaturated/α-hetero) is 1. The summed E-state index contributed by atoms with van der Waals surface area (Å²) in [5, 5.41) is 9.85. The summed E-state index contributed by atoms with van der Waals surface area (Å²) in [6, 6.07) is 4.18. The number of allylic oxidation sites excluding steroid dienone is 2. The van der Waals surface area contributed by atoms with Gasteiger partial charge in [-0.05, 0) is 69.6 Å². The first-order valence-electron chi connectivity index (χ1n) is 10.3. The van der Waals surface area contributed by atoms with Gasteiger partial charge in [-0.2, -0.15) is 0 Å². The molecule has 0 spiro atoms. The van der Waals surface area contributed by atoms with E-state index in [1.807, 2.05) is 6.92 Å². The van der Waals surface area contributed by atoms with Crippen LogP contribution in [0, 0.1) is 12.8 Å². The third-order valence-corrected chi connectivity index (χ3v) is 8.49. The molecular formula is C23H34O4S. The van der Waals surface area contributed by atoms with Gasteiger partial charge in [0.1, 0.15) is 5.76 Å². The van der Waals surface area contributed by atoms with E-state index in [9.17, 15) is 18.3 Å². The SMILES string of the molecule is CCc1cc(C)cc(CC)c1C1=C(O)CC(CC(C)S(=O)(=O)C(C)C)CC1=O. The summed E-state index contributed by atoms with van der Waals surface area (Å²) in [6.07, 6.45) is 2.64. The zero-order valence-corrected chi connectivity index (χ0v) is 18.8. The van der Waals surface area contributed by atoms with Crippen molar-refractivity contribution in [1.82, 2.24) is 0 Å². The molecule has 1 aliphatic rings. The summed E-state index contributed by atoms with van der Waals surface area (Å²) in [5.74, 6) is -0.0971. The number of sulfone groups is 1. The van der Waals surface area contributed by atoms with Gasteiger partial charge in [-0.3, -0.25) is 4.79 Å². The molecular weight excluding hydrogens is 372 g/mol. The molecule has 0 amide bonds. The van der Waals surface area contributed by atoms with E-state index in [-0.39, 0.29) is 23.9 Å². The van der Waals surface area contributed by atoms with Crippen LogP contribution in [0.25, 0.3) is 5.57 Å². The maximum Gasteiger partial charge on any atom is 0.167 e. The van der Waals surface area contributed by atoms with Crippen molar-refractivity contribution in [3.05, 3.63) is 40.1 Å². The van der Waals surface area contributed by atoms with Crippen molar-refractivity contribution in [3.63, 3.8) is 0 Å². The first kappa shape index (κ1) is 22.7. The maximum atomic E-state index is 13.0. The van der Waals surface area contributed by atoms with E-state index in [2.05, 4.69) is 26.0 Å². The molecule has 2 atom stereocenters. The Bertz CT molecular complexity index is 853. The summed E-state index contributed by atoms with van der Waals surface area (Å²) in [4.78, 5) is 13.0. The normalized spacial score (nSPS) is 19.4. The first-order valence-corrected chi connectivity index (χ1v) is 11.9. The molecule has 0 bridgehead atoms. The van der Waals surface area contributed by atoms with Crippen molar-refractivity contribution in [2.75, 3.05) is 0 Å². The van der Waals surface area contributed by atoms with E-state index >= 15 is 0 Å². The van der Waals surface area contributed by atoms with Gasteiger partial charge in [0.15, 0.2) is 15.6 Å². The molecule has 28 heavy (non-hydrogen) atoms. The van der Waals surface area contributed by atoms with Crippen LogP contribution in [-0.4, -0.2) is 29.8 Å². The minimum atomic E-state index is -3.21. The molecule has 0 heterocycles. The van der Waals surface area contributed by atoms with Crippen molar-refractivity contribution < 1.29 is 18.3 Å². The summed E-state index contributed by atoms with van der Waals surface area (Å²) in [6.45, 7) is 11.2. The highest BCUT2D eigenvalue weighted by Crippen LogP contribution is 2.38. The van der Waals surface area contributed by atoms with Crippen LogP contribution in [0.1, 0.15) is 76.1 Å². The number of hydrogen-bond donors (Lipinski definition) is 1. The maximum absolute atomic E-state index is 13.0. The predicted octanol–water partition coefficient (Wildman–Crippen LogP) is 4.97. The number of ketones is 1. The Morgan fingerprint density at radius 3 is 2.04 bits per heavy atom. The van der Waals surface area contributed by atoms with Crippen molar-refractivity contribution >= 4 is 21.2 Å². The van der Waals surface area contributed by atoms with Crippen LogP contribution in [0.5, 0.6) is 0 Å². The molecule has 0 saturated heterocycles. The third kappa shape index (κ3) is 4.51. The van der Waals surface area contributed by atoms with E-state index in [1.165, 1.54) is 0 Å². The van der Waals surface area contributed by atoms with Crippen LogP contribution in [0.4, 0.5) is 0 Å². The van der Waals surface area contributed by atoms with Gasteiger partial charge in [0.05, 0.1) is 16.1 Å². The molecule has 0 aromatic heterocycles. The Labute approximate surface area is 170 Å². The van der Waals surface area contributed by atoms with Crippen LogP contribution >= 0.6 is 0 Å². The number of rotatable bonds is 7. The van der Waals surface area contributed by atoms with Gasteiger partial charge in [-0.25, -0.2) is 8.42 Å². The number of benzene rings is 1. The standard InChI is InChI=1S/C23H34O4S/c1-7-18-9-15(5)10-19(8-2)22(18)23-20(24)12-17(13-21(23)25)11-16(6)28(26,27)14(3)4/h9-10,14,16-17,24H,7-8,11-13H2,1-6H3. The highest BCUT2D eigenvalue weighted by atomic mass is 32.2. The molecule has 1 aromatic rings. The van der Waals surface area contributed by atoms with Crippen LogP contribution < -0.4 is 0 Å². The van der Waals surface area contributed by atoms with Crippen LogP contribution in [0.2, 0.25) is 0 Å². The molecule has 1 aliphatic carbocycles. The lowest BCUT2D eigenvalue weighted by molar-refractivity contribution is -0.115. The van der Waals surface area contributed by atoms with Crippen molar-refractivity contribution in [2.45, 2.75) is 84.1 Å². The van der Waals surface area contributed by atoms with Crippen LogP contribution in [0.15, 0.2) is 17.9 Å². The lowest BCUT2D eigenvalue weighted by atomic mass is 9.79. The quantitative estimate of drug-likeness (QED) is 0.694. The minimum absolute atomic E-state index is 0.0730. The number of carbonyl (C=O) groups is 1. The Hall–Kier alpha value is -1.62. The zero-order valence-electron chi connectivity index (χ0n) is 18.0. The highest BCUT2D eigenvalue weighted by Gasteiger charge is 2.34. The Kier molecular flexibility index (Phi) is 7.13. The fraction of sp³-hybridized carbons (Fsp3) is 0.609. The molecule has 2 rings (SSSR count). The van der Waals surface area contributed by atoms with Gasteiger partial charge in [0.2, 0.25) is 0 Å². The number of carbonyl (C=O) groups excluding carboxylic acids is 1. The second kappa shape index (κ2) is 8.81. The topological polar surface area (TPSA) is 71.4 Å². The van der Waals surface area contributed by atoms with Crippen LogP contribution in [0.3, 0.4) is 0 Å². The Morgan fingerprint density at radius 1 is 1.07 bits per heavy atom. The van der Waals surface area contributed by atoms with Gasteiger partial charge in [0.25, 0.3) is 0 Å². The van der Waals surface area contributed by atoms with Crippen LogP contribution in [-0.2, 0) is 27.5 Å². The number of aryl methyl sites for hydroxylation is 3. The van der Waals surface area contributed by atoms with Gasteiger partial charge in [-0.15, -0.1) is 0 Å². The second-order valence-electron chi connectivity index (χ2n) is 8.37. The molecule has 0 radical (unpaired) electrons. The van der Waals surface area contributed by atoms with Gasteiger partial charge < -0.3 is 5.11 Å². The Morgan fingerprint density at radius 2 is 1.61 bits per heavy atom. The number of aliphatic hydroxyl groups excluding tert-OH is 1. The second-order valence-corrected chi connectivity index (χ2v) is 11.3. The smallest absolute Gasteiger partial charge is 0.167 e. The molecule has 0 aliphatic heterocycles. The fourth-order valence-electron chi connectivity index (χ4n) is 4.31. The lowest BCUT2D eigenvalue weighted by Crippen LogP contribution is -2.30. The molecule has 1 aromatic carbocycles. The number of hydrogen-bond acceptors (Lipinski definition) is 4. The molecule has 0 fully saturated rings. The minimum Gasteiger partial charge on any atom is -0.512 e. The van der Waals surface area contributed by atoms with E-state index < -0.39 is 20.3 Å². The molecule has 5 heteroatoms. The Balaban J connectivity index is 2.39. The molecule has 1 N–H and O–H groups in total. The third-order valence-electron chi connectivity index (χ3n) is 5.86. The predicted molar refractivity (Wildman–Crippen MR) is 115 cm³/mol. The van der Waals surface area contributed by atoms with E-state index in [1.54, 1.807) is 20.8 Å². The summed E-state index contributed by atoms with van der Waals surface area (Å²) in [7, 11) is -3.21. The largest absolute Gasteiger partial charge is 0.512 e. The van der Waals surface area contributed by atoms with Gasteiger partial charge >= 0.3 is 0 Å². The molecule has 156 valence electrons. The van der Waals surface area contributed by atoms with Gasteiger partial charge in [-0.1, -0.05) is 31.5 Å². The van der Waals surface area contributed by atoms with E-state index in [0.29, 0.717) is 18.4 Å². The average Bonchev–Trinajstić information content (AvgIpc) is 2.61. The van der Waals surface area contributed by atoms with Crippen molar-refractivity contribution in [2.24, 2.45) is 5.92 Å². The highest BCUT2D eigenvalue weighted by molar-refractivity contribution is 7.92. The molecule has 4 nitrogen and oxygen atoms in total. The summed E-state index contributed by atoms with van der Waals surface area (Å²) in [5.41, 5.74) is 4.66. The van der Waals surface area contributed by atoms with Crippen molar-refractivity contribution in [1.29, 1.82) is 0 Å². The van der Waals surface area contributed by atoms with E-state index in [4.69, 9.17) is 0 Å². The lowest BCUT2D eigenvalue weighted by Gasteiger charge is -2.28. The zero-order chi connectivity index (χ0) is 21.2. The average molecular weight is 407 g/mol. The molecule has 2 unspecified atom stereocenters. The molecule has 0 saturated carbocycles. The number of aliphatic hydroxyl groups is 1. The summed E-state index contributed by atoms with van der Waals surface area (Å²) < 4.78 is 24.8. The first-order chi connectivity index (χ1) is 13.0. The van der Waals surface area contributed by atoms with E-state index in [0.717, 1.165) is 35.1 Å². The fourth-order valence-corrected chi connectivity index (χ4v) is 5.78.